The molecule has 0 aromatic heterocycles. The maximum absolute atomic E-state index is 11.9. The van der Waals surface area contributed by atoms with Crippen LogP contribution in [-0.4, -0.2) is 17.5 Å². The van der Waals surface area contributed by atoms with Gasteiger partial charge in [-0.15, -0.1) is 0 Å². The topological polar surface area (TPSA) is 37.3 Å². The summed E-state index contributed by atoms with van der Waals surface area (Å²) in [6.07, 6.45) is 5.28. The highest BCUT2D eigenvalue weighted by Crippen LogP contribution is 2.57. The van der Waals surface area contributed by atoms with E-state index in [1.54, 1.807) is 0 Å². The lowest BCUT2D eigenvalue weighted by molar-refractivity contribution is -0.139. The van der Waals surface area contributed by atoms with Crippen LogP contribution in [0.3, 0.4) is 0 Å². The molecule has 2 heteroatoms. The Morgan fingerprint density at radius 1 is 1.31 bits per heavy atom. The van der Waals surface area contributed by atoms with E-state index in [0.717, 1.165) is 6.42 Å². The zero-order valence-electron chi connectivity index (χ0n) is 10.8. The summed E-state index contributed by atoms with van der Waals surface area (Å²) in [5.41, 5.74) is 0.533. The van der Waals surface area contributed by atoms with Crippen molar-refractivity contribution in [2.45, 2.75) is 52.9 Å². The molecule has 1 N–H and O–H groups in total. The third-order valence-electron chi connectivity index (χ3n) is 5.13. The molecule has 0 radical (unpaired) electrons. The van der Waals surface area contributed by atoms with E-state index in [9.17, 15) is 9.90 Å². The molecule has 2 rings (SSSR count). The quantitative estimate of drug-likeness (QED) is 0.743. The summed E-state index contributed by atoms with van der Waals surface area (Å²) in [4.78, 5) is 11.9. The molecule has 0 heterocycles. The Hall–Kier alpha value is -0.370. The summed E-state index contributed by atoms with van der Waals surface area (Å²) in [7, 11) is 0. The summed E-state index contributed by atoms with van der Waals surface area (Å²) in [6, 6.07) is 0. The van der Waals surface area contributed by atoms with E-state index in [1.807, 2.05) is 0 Å². The van der Waals surface area contributed by atoms with E-state index in [0.29, 0.717) is 23.5 Å². The van der Waals surface area contributed by atoms with Gasteiger partial charge in [0.25, 0.3) is 0 Å². The number of Topliss-reactive ketones (excluding diaryl/α,β-unsaturated/α-hetero) is 1. The van der Waals surface area contributed by atoms with Crippen molar-refractivity contribution in [2.24, 2.45) is 22.7 Å². The van der Waals surface area contributed by atoms with Crippen LogP contribution in [0.2, 0.25) is 0 Å². The first-order valence-corrected chi connectivity index (χ1v) is 6.53. The number of fused-ring (bicyclic) bond motifs is 1. The van der Waals surface area contributed by atoms with Gasteiger partial charge in [-0.2, -0.15) is 0 Å². The minimum Gasteiger partial charge on any atom is -0.396 e. The summed E-state index contributed by atoms with van der Waals surface area (Å²) in [6.45, 7) is 6.99. The van der Waals surface area contributed by atoms with Crippen molar-refractivity contribution in [1.82, 2.24) is 0 Å². The van der Waals surface area contributed by atoms with Crippen molar-refractivity contribution in [1.29, 1.82) is 0 Å². The van der Waals surface area contributed by atoms with E-state index < -0.39 is 0 Å². The molecule has 0 unspecified atom stereocenters. The maximum atomic E-state index is 11.9. The Morgan fingerprint density at radius 3 is 2.62 bits per heavy atom. The second kappa shape index (κ2) is 3.83. The number of carbonyl (C=O) groups excluding carboxylic acids is 1. The van der Waals surface area contributed by atoms with Crippen LogP contribution in [0.25, 0.3) is 0 Å². The van der Waals surface area contributed by atoms with Crippen LogP contribution >= 0.6 is 0 Å². The fourth-order valence-corrected chi connectivity index (χ4v) is 4.19. The number of ketones is 1. The SMILES string of the molecule is CC1(C)CCC[C@]2(C)CC(=O)[C@@H](CO)C[C@@H]12. The first-order chi connectivity index (χ1) is 7.39. The molecule has 16 heavy (non-hydrogen) atoms. The summed E-state index contributed by atoms with van der Waals surface area (Å²) >= 11 is 0. The third-order valence-corrected chi connectivity index (χ3v) is 5.13. The molecule has 2 fully saturated rings. The van der Waals surface area contributed by atoms with Gasteiger partial charge in [-0.3, -0.25) is 4.79 Å². The molecule has 2 nitrogen and oxygen atoms in total. The summed E-state index contributed by atoms with van der Waals surface area (Å²) in [5, 5.41) is 9.29. The number of hydrogen-bond acceptors (Lipinski definition) is 2. The van der Waals surface area contributed by atoms with Gasteiger partial charge in [-0.05, 0) is 36.0 Å². The first-order valence-electron chi connectivity index (χ1n) is 6.53. The largest absolute Gasteiger partial charge is 0.396 e. The van der Waals surface area contributed by atoms with Crippen LogP contribution in [0, 0.1) is 22.7 Å². The maximum Gasteiger partial charge on any atom is 0.138 e. The van der Waals surface area contributed by atoms with E-state index in [2.05, 4.69) is 20.8 Å². The Labute approximate surface area is 98.4 Å². The monoisotopic (exact) mass is 224 g/mol. The normalized spacial score (nSPS) is 42.9. The van der Waals surface area contributed by atoms with Crippen LogP contribution in [0.4, 0.5) is 0 Å². The highest BCUT2D eigenvalue weighted by molar-refractivity contribution is 5.82. The lowest BCUT2D eigenvalue weighted by atomic mass is 9.50. The van der Waals surface area contributed by atoms with Gasteiger partial charge in [-0.25, -0.2) is 0 Å². The van der Waals surface area contributed by atoms with Crippen molar-refractivity contribution >= 4 is 5.78 Å². The molecule has 2 aliphatic rings. The number of carbonyl (C=O) groups is 1. The van der Waals surface area contributed by atoms with Crippen LogP contribution in [0.15, 0.2) is 0 Å². The van der Waals surface area contributed by atoms with Gasteiger partial charge in [0.2, 0.25) is 0 Å². The van der Waals surface area contributed by atoms with Crippen molar-refractivity contribution in [3.05, 3.63) is 0 Å². The van der Waals surface area contributed by atoms with Crippen molar-refractivity contribution in [3.63, 3.8) is 0 Å². The van der Waals surface area contributed by atoms with E-state index in [1.165, 1.54) is 19.3 Å². The highest BCUT2D eigenvalue weighted by atomic mass is 16.3. The first kappa shape index (κ1) is 12.1. The average molecular weight is 224 g/mol. The third kappa shape index (κ3) is 1.81. The van der Waals surface area contributed by atoms with Crippen molar-refractivity contribution in [3.8, 4) is 0 Å². The predicted molar refractivity (Wildman–Crippen MR) is 64.0 cm³/mol. The van der Waals surface area contributed by atoms with Gasteiger partial charge in [-0.1, -0.05) is 27.2 Å². The van der Waals surface area contributed by atoms with Gasteiger partial charge in [0.1, 0.15) is 5.78 Å². The predicted octanol–water partition coefficient (Wildman–Crippen LogP) is 2.79. The molecule has 0 aromatic carbocycles. The van der Waals surface area contributed by atoms with Crippen LogP contribution in [-0.2, 0) is 4.79 Å². The van der Waals surface area contributed by atoms with Crippen LogP contribution in [0.1, 0.15) is 52.9 Å². The minimum absolute atomic E-state index is 0.0431. The lowest BCUT2D eigenvalue weighted by Gasteiger charge is -2.54. The second-order valence-electron chi connectivity index (χ2n) is 6.81. The lowest BCUT2D eigenvalue weighted by Crippen LogP contribution is -2.49. The molecule has 0 bridgehead atoms. The minimum atomic E-state index is -0.0875. The second-order valence-corrected chi connectivity index (χ2v) is 6.81. The van der Waals surface area contributed by atoms with E-state index in [-0.39, 0.29) is 17.9 Å². The Morgan fingerprint density at radius 2 is 2.00 bits per heavy atom. The Balaban J connectivity index is 2.26. The van der Waals surface area contributed by atoms with E-state index >= 15 is 0 Å². The zero-order chi connectivity index (χ0) is 12.0. The molecule has 2 aliphatic carbocycles. The molecule has 2 saturated carbocycles. The molecule has 0 aliphatic heterocycles. The Bertz CT molecular complexity index is 295. The van der Waals surface area contributed by atoms with Gasteiger partial charge >= 0.3 is 0 Å². The highest BCUT2D eigenvalue weighted by Gasteiger charge is 2.51. The van der Waals surface area contributed by atoms with Crippen molar-refractivity contribution < 1.29 is 9.90 Å². The molecule has 0 saturated heterocycles. The molecular weight excluding hydrogens is 200 g/mol. The smallest absolute Gasteiger partial charge is 0.138 e. The number of aliphatic hydroxyl groups is 1. The summed E-state index contributed by atoms with van der Waals surface area (Å²) < 4.78 is 0. The van der Waals surface area contributed by atoms with Crippen LogP contribution in [0.5, 0.6) is 0 Å². The fourth-order valence-electron chi connectivity index (χ4n) is 4.19. The van der Waals surface area contributed by atoms with Gasteiger partial charge in [0, 0.05) is 12.3 Å². The fraction of sp³-hybridized carbons (Fsp3) is 0.929. The average Bonchev–Trinajstić information content (AvgIpc) is 2.15. The van der Waals surface area contributed by atoms with Gasteiger partial charge < -0.3 is 5.11 Å². The van der Waals surface area contributed by atoms with Gasteiger partial charge in [0.05, 0.1) is 6.61 Å². The molecule has 0 spiro atoms. The molecule has 0 amide bonds. The zero-order valence-corrected chi connectivity index (χ0v) is 10.8. The van der Waals surface area contributed by atoms with Crippen molar-refractivity contribution in [2.75, 3.05) is 6.61 Å². The molecule has 0 aromatic rings. The van der Waals surface area contributed by atoms with Crippen LogP contribution < -0.4 is 0 Å². The van der Waals surface area contributed by atoms with E-state index in [4.69, 9.17) is 0 Å². The van der Waals surface area contributed by atoms with Gasteiger partial charge in [0.15, 0.2) is 0 Å². The number of aliphatic hydroxyl groups excluding tert-OH is 1. The number of rotatable bonds is 1. The number of hydrogen-bond donors (Lipinski definition) is 1. The molecule has 3 atom stereocenters. The Kier molecular flexibility index (Phi) is 2.90. The molecule has 92 valence electrons. The standard InChI is InChI=1S/C14H24O2/c1-13(2)5-4-6-14(3)8-11(16)10(9-15)7-12(13)14/h10,12,15H,4-9H2,1-3H3/t10-,12+,14-/m1/s1. The summed E-state index contributed by atoms with van der Waals surface area (Å²) in [5.74, 6) is 0.804. The molecular formula is C14H24O2.